The minimum atomic E-state index is -0.973. The molecule has 0 heterocycles. The molecule has 0 atom stereocenters. The quantitative estimate of drug-likeness (QED) is 0.649. The summed E-state index contributed by atoms with van der Waals surface area (Å²) in [5.41, 5.74) is 4.78. The summed E-state index contributed by atoms with van der Waals surface area (Å²) < 4.78 is 0. The van der Waals surface area contributed by atoms with Crippen LogP contribution in [0.3, 0.4) is 0 Å². The maximum Gasteiger partial charge on any atom is 0.329 e. The third-order valence-electron chi connectivity index (χ3n) is 2.66. The molecular weight excluding hydrogens is 234 g/mol. The largest absolute Gasteiger partial charge is 0.351 e. The highest BCUT2D eigenvalue weighted by Gasteiger charge is 2.19. The zero-order chi connectivity index (χ0) is 14.0. The van der Waals surface area contributed by atoms with Crippen LogP contribution in [0.25, 0.3) is 0 Å². The van der Waals surface area contributed by atoms with E-state index in [0.29, 0.717) is 0 Å². The second-order valence-corrected chi connectivity index (χ2v) is 4.29. The van der Waals surface area contributed by atoms with Crippen LogP contribution in [0.1, 0.15) is 52.4 Å². The predicted molar refractivity (Wildman–Crippen MR) is 68.8 cm³/mol. The number of unbranched alkanes of at least 4 members (excludes halogenated alkanes) is 2. The maximum atomic E-state index is 11.8. The van der Waals surface area contributed by atoms with Crippen molar-refractivity contribution in [3.8, 4) is 0 Å². The molecule has 0 saturated heterocycles. The molecule has 0 fully saturated rings. The molecule has 6 nitrogen and oxygen atoms in total. The highest BCUT2D eigenvalue weighted by atomic mass is 16.2. The Kier molecular flexibility index (Phi) is 8.61. The van der Waals surface area contributed by atoms with E-state index in [-0.39, 0.29) is 11.8 Å². The Morgan fingerprint density at radius 2 is 1.50 bits per heavy atom. The van der Waals surface area contributed by atoms with Crippen molar-refractivity contribution >= 4 is 18.0 Å². The molecular formula is C12H23N3O3. The normalized spacial score (nSPS) is 10.2. The Hall–Kier alpha value is -1.59. The Bertz CT molecular complexity index is 284. The van der Waals surface area contributed by atoms with E-state index in [1.165, 1.54) is 0 Å². The molecule has 0 aliphatic carbocycles. The molecule has 6 heteroatoms. The van der Waals surface area contributed by atoms with Gasteiger partial charge in [0.15, 0.2) is 0 Å². The molecule has 0 aliphatic rings. The van der Waals surface area contributed by atoms with Gasteiger partial charge in [0.1, 0.15) is 0 Å². The van der Waals surface area contributed by atoms with E-state index in [0.717, 1.165) is 38.5 Å². The van der Waals surface area contributed by atoms with Crippen LogP contribution in [0.2, 0.25) is 0 Å². The Balaban J connectivity index is 4.25. The van der Waals surface area contributed by atoms with Crippen molar-refractivity contribution < 1.29 is 14.4 Å². The van der Waals surface area contributed by atoms with Gasteiger partial charge in [0.2, 0.25) is 5.91 Å². The molecule has 0 spiro atoms. The van der Waals surface area contributed by atoms with Gasteiger partial charge in [-0.25, -0.2) is 9.59 Å². The van der Waals surface area contributed by atoms with Gasteiger partial charge in [-0.1, -0.05) is 39.5 Å². The first kappa shape index (κ1) is 16.4. The molecule has 5 amide bonds. The summed E-state index contributed by atoms with van der Waals surface area (Å²) in [7, 11) is 0. The second-order valence-electron chi connectivity index (χ2n) is 4.29. The number of rotatable bonds is 7. The van der Waals surface area contributed by atoms with Crippen LogP contribution in [-0.4, -0.2) is 18.0 Å². The monoisotopic (exact) mass is 257 g/mol. The molecule has 0 radical (unpaired) electrons. The number of carbonyl (C=O) groups excluding carboxylic acids is 3. The van der Waals surface area contributed by atoms with Gasteiger partial charge in [0.25, 0.3) is 0 Å². The Labute approximate surface area is 108 Å². The Morgan fingerprint density at radius 3 is 1.89 bits per heavy atom. The molecule has 0 bridgehead atoms. The lowest BCUT2D eigenvalue weighted by Gasteiger charge is -2.15. The molecule has 4 N–H and O–H groups in total. The molecule has 0 aromatic carbocycles. The highest BCUT2D eigenvalue weighted by Crippen LogP contribution is 2.16. The van der Waals surface area contributed by atoms with E-state index in [1.54, 1.807) is 0 Å². The summed E-state index contributed by atoms with van der Waals surface area (Å²) >= 11 is 0. The van der Waals surface area contributed by atoms with E-state index < -0.39 is 12.1 Å². The van der Waals surface area contributed by atoms with Gasteiger partial charge in [0.05, 0.1) is 0 Å². The van der Waals surface area contributed by atoms with Crippen molar-refractivity contribution in [2.24, 2.45) is 11.7 Å². The summed E-state index contributed by atoms with van der Waals surface area (Å²) in [6, 6.07) is -1.83. The SMILES string of the molecule is CCCCC(CCCC)C(=O)NC(=O)NC(N)=O. The second kappa shape index (κ2) is 9.44. The first-order valence-corrected chi connectivity index (χ1v) is 6.42. The highest BCUT2D eigenvalue weighted by molar-refractivity contribution is 6.01. The van der Waals surface area contributed by atoms with E-state index in [9.17, 15) is 14.4 Å². The summed E-state index contributed by atoms with van der Waals surface area (Å²) in [5.74, 6) is -0.515. The first-order valence-electron chi connectivity index (χ1n) is 6.42. The fourth-order valence-corrected chi connectivity index (χ4v) is 1.66. The smallest absolute Gasteiger partial charge is 0.329 e. The first-order chi connectivity index (χ1) is 8.51. The lowest BCUT2D eigenvalue weighted by Crippen LogP contribution is -2.46. The molecule has 0 unspecified atom stereocenters. The van der Waals surface area contributed by atoms with Crippen molar-refractivity contribution in [2.45, 2.75) is 52.4 Å². The number of hydrogen-bond donors (Lipinski definition) is 3. The summed E-state index contributed by atoms with van der Waals surface area (Å²) in [6.07, 6.45) is 5.41. The van der Waals surface area contributed by atoms with Crippen molar-refractivity contribution in [1.82, 2.24) is 10.6 Å². The fraction of sp³-hybridized carbons (Fsp3) is 0.750. The van der Waals surface area contributed by atoms with Gasteiger partial charge in [-0.2, -0.15) is 0 Å². The lowest BCUT2D eigenvalue weighted by molar-refractivity contribution is -0.124. The lowest BCUT2D eigenvalue weighted by atomic mass is 9.95. The average Bonchev–Trinajstić information content (AvgIpc) is 2.27. The van der Waals surface area contributed by atoms with Gasteiger partial charge < -0.3 is 5.73 Å². The number of amides is 5. The van der Waals surface area contributed by atoms with Gasteiger partial charge in [0, 0.05) is 5.92 Å². The standard InChI is InChI=1S/C12H23N3O3/c1-3-5-7-9(8-6-4-2)10(16)14-12(18)15-11(13)17/h9H,3-8H2,1-2H3,(H4,13,14,15,16,17,18). The van der Waals surface area contributed by atoms with Gasteiger partial charge >= 0.3 is 12.1 Å². The number of nitrogens with two attached hydrogens (primary N) is 1. The van der Waals surface area contributed by atoms with Gasteiger partial charge in [-0.3, -0.25) is 15.4 Å². The summed E-state index contributed by atoms with van der Waals surface area (Å²) in [4.78, 5) is 33.4. The number of primary amides is 1. The third kappa shape index (κ3) is 7.65. The molecule has 0 aromatic heterocycles. The van der Waals surface area contributed by atoms with Crippen LogP contribution in [0.4, 0.5) is 9.59 Å². The summed E-state index contributed by atoms with van der Waals surface area (Å²) in [5, 5.41) is 3.95. The average molecular weight is 257 g/mol. The van der Waals surface area contributed by atoms with Crippen LogP contribution < -0.4 is 16.4 Å². The molecule has 18 heavy (non-hydrogen) atoms. The topological polar surface area (TPSA) is 101 Å². The van der Waals surface area contributed by atoms with Crippen molar-refractivity contribution in [2.75, 3.05) is 0 Å². The van der Waals surface area contributed by atoms with E-state index in [4.69, 9.17) is 5.73 Å². The molecule has 104 valence electrons. The van der Waals surface area contributed by atoms with E-state index in [1.807, 2.05) is 5.32 Å². The predicted octanol–water partition coefficient (Wildman–Crippen LogP) is 1.89. The van der Waals surface area contributed by atoms with Crippen LogP contribution in [0.5, 0.6) is 0 Å². The van der Waals surface area contributed by atoms with Crippen LogP contribution in [0, 0.1) is 5.92 Å². The maximum absolute atomic E-state index is 11.8. The molecule has 0 saturated carbocycles. The van der Waals surface area contributed by atoms with Gasteiger partial charge in [-0.15, -0.1) is 0 Å². The van der Waals surface area contributed by atoms with Crippen LogP contribution >= 0.6 is 0 Å². The Morgan fingerprint density at radius 1 is 1.00 bits per heavy atom. The van der Waals surface area contributed by atoms with E-state index in [2.05, 4.69) is 19.2 Å². The van der Waals surface area contributed by atoms with Crippen molar-refractivity contribution in [3.63, 3.8) is 0 Å². The molecule has 0 aromatic rings. The van der Waals surface area contributed by atoms with Gasteiger partial charge in [-0.05, 0) is 12.8 Å². The number of hydrogen-bond acceptors (Lipinski definition) is 3. The fourth-order valence-electron chi connectivity index (χ4n) is 1.66. The number of urea groups is 2. The minimum Gasteiger partial charge on any atom is -0.351 e. The summed E-state index contributed by atoms with van der Waals surface area (Å²) in [6.45, 7) is 4.10. The zero-order valence-corrected chi connectivity index (χ0v) is 11.1. The zero-order valence-electron chi connectivity index (χ0n) is 11.1. The molecule has 0 aliphatic heterocycles. The van der Waals surface area contributed by atoms with E-state index >= 15 is 0 Å². The van der Waals surface area contributed by atoms with Crippen molar-refractivity contribution in [1.29, 1.82) is 0 Å². The minimum absolute atomic E-state index is 0.177. The number of imide groups is 2. The van der Waals surface area contributed by atoms with Crippen molar-refractivity contribution in [3.05, 3.63) is 0 Å². The number of carbonyl (C=O) groups is 3. The molecule has 0 rings (SSSR count). The number of nitrogens with one attached hydrogen (secondary N) is 2. The third-order valence-corrected chi connectivity index (χ3v) is 2.66. The van der Waals surface area contributed by atoms with Crippen LogP contribution in [-0.2, 0) is 4.79 Å². The van der Waals surface area contributed by atoms with Crippen LogP contribution in [0.15, 0.2) is 0 Å².